The molecule has 3 amide bonds. The maximum absolute atomic E-state index is 12.9. The Morgan fingerprint density at radius 2 is 1.66 bits per heavy atom. The van der Waals surface area contributed by atoms with Crippen LogP contribution in [-0.4, -0.2) is 61.1 Å². The zero-order valence-corrected chi connectivity index (χ0v) is 19.1. The van der Waals surface area contributed by atoms with E-state index in [9.17, 15) is 22.8 Å². The SMILES string of the molecule is O=C(Nc1ccc(C#Cc2cccc(C(F)(F)F)c2)cc1)N1CCCC(C(=O)N2CCOCC2)C1. The molecule has 6 nitrogen and oxygen atoms in total. The lowest BCUT2D eigenvalue weighted by Crippen LogP contribution is -2.50. The van der Waals surface area contributed by atoms with Crippen LogP contribution in [0, 0.1) is 17.8 Å². The third-order valence-corrected chi connectivity index (χ3v) is 6.06. The number of urea groups is 1. The van der Waals surface area contributed by atoms with Gasteiger partial charge in [0.2, 0.25) is 5.91 Å². The van der Waals surface area contributed by atoms with E-state index < -0.39 is 11.7 Å². The van der Waals surface area contributed by atoms with Crippen molar-refractivity contribution in [1.82, 2.24) is 9.80 Å². The fourth-order valence-electron chi connectivity index (χ4n) is 4.16. The van der Waals surface area contributed by atoms with Crippen molar-refractivity contribution < 1.29 is 27.5 Å². The van der Waals surface area contributed by atoms with E-state index in [-0.39, 0.29) is 23.4 Å². The van der Waals surface area contributed by atoms with Crippen LogP contribution in [0.25, 0.3) is 0 Å². The quantitative estimate of drug-likeness (QED) is 0.649. The molecule has 184 valence electrons. The normalized spacial score (nSPS) is 18.4. The van der Waals surface area contributed by atoms with Crippen LogP contribution >= 0.6 is 0 Å². The van der Waals surface area contributed by atoms with Gasteiger partial charge in [0.1, 0.15) is 0 Å². The third kappa shape index (κ3) is 6.55. The lowest BCUT2D eigenvalue weighted by molar-refractivity contribution is -0.141. The maximum Gasteiger partial charge on any atom is 0.416 e. The molecule has 4 rings (SSSR count). The topological polar surface area (TPSA) is 61.9 Å². The summed E-state index contributed by atoms with van der Waals surface area (Å²) in [5.74, 6) is 5.45. The molecule has 1 N–H and O–H groups in total. The number of benzene rings is 2. The van der Waals surface area contributed by atoms with E-state index in [2.05, 4.69) is 17.2 Å². The van der Waals surface area contributed by atoms with Crippen LogP contribution in [0.5, 0.6) is 0 Å². The minimum Gasteiger partial charge on any atom is -0.378 e. The molecule has 0 spiro atoms. The van der Waals surface area contributed by atoms with Crippen LogP contribution in [0.4, 0.5) is 23.7 Å². The summed E-state index contributed by atoms with van der Waals surface area (Å²) in [6.07, 6.45) is -2.89. The van der Waals surface area contributed by atoms with Crippen LogP contribution in [0.15, 0.2) is 48.5 Å². The van der Waals surface area contributed by atoms with Crippen LogP contribution in [0.2, 0.25) is 0 Å². The predicted octanol–water partition coefficient (Wildman–Crippen LogP) is 4.21. The molecule has 0 aromatic heterocycles. The standard InChI is InChI=1S/C26H26F3N3O3/c27-26(28,29)22-5-1-3-20(17-22)7-6-19-8-10-23(11-9-19)30-25(34)32-12-2-4-21(18-32)24(33)31-13-15-35-16-14-31/h1,3,5,8-11,17,21H,2,4,12-16,18H2,(H,30,34). The monoisotopic (exact) mass is 485 g/mol. The van der Waals surface area contributed by atoms with Crippen molar-refractivity contribution in [3.05, 3.63) is 65.2 Å². The Bertz CT molecular complexity index is 1120. The Hall–Kier alpha value is -3.51. The summed E-state index contributed by atoms with van der Waals surface area (Å²) in [4.78, 5) is 29.0. The zero-order valence-electron chi connectivity index (χ0n) is 19.1. The smallest absolute Gasteiger partial charge is 0.378 e. The number of carbonyl (C=O) groups excluding carboxylic acids is 2. The molecule has 35 heavy (non-hydrogen) atoms. The van der Waals surface area contributed by atoms with Gasteiger partial charge in [0, 0.05) is 43.0 Å². The van der Waals surface area contributed by atoms with E-state index >= 15 is 0 Å². The number of nitrogens with one attached hydrogen (secondary N) is 1. The Morgan fingerprint density at radius 1 is 0.943 bits per heavy atom. The van der Waals surface area contributed by atoms with Gasteiger partial charge < -0.3 is 19.9 Å². The molecule has 2 aliphatic rings. The first-order chi connectivity index (χ1) is 16.8. The van der Waals surface area contributed by atoms with E-state index in [0.717, 1.165) is 25.0 Å². The molecule has 0 radical (unpaired) electrons. The summed E-state index contributed by atoms with van der Waals surface area (Å²) in [5.41, 5.74) is 0.702. The number of hydrogen-bond donors (Lipinski definition) is 1. The van der Waals surface area contributed by atoms with Gasteiger partial charge in [-0.1, -0.05) is 17.9 Å². The largest absolute Gasteiger partial charge is 0.416 e. The number of amides is 3. The van der Waals surface area contributed by atoms with Gasteiger partial charge in [-0.3, -0.25) is 4.79 Å². The Morgan fingerprint density at radius 3 is 2.37 bits per heavy atom. The zero-order chi connectivity index (χ0) is 24.8. The molecule has 2 aromatic rings. The average Bonchev–Trinajstić information content (AvgIpc) is 2.88. The Labute approximate surface area is 202 Å². The van der Waals surface area contributed by atoms with Gasteiger partial charge >= 0.3 is 12.2 Å². The second-order valence-electron chi connectivity index (χ2n) is 8.56. The molecule has 0 saturated carbocycles. The molecule has 0 aliphatic carbocycles. The number of rotatable bonds is 2. The van der Waals surface area contributed by atoms with Crippen LogP contribution in [0.1, 0.15) is 29.5 Å². The summed E-state index contributed by atoms with van der Waals surface area (Å²) < 4.78 is 43.9. The number of piperidine rings is 1. The van der Waals surface area contributed by atoms with Gasteiger partial charge in [-0.05, 0) is 55.3 Å². The van der Waals surface area contributed by atoms with Crippen LogP contribution in [-0.2, 0) is 15.7 Å². The number of nitrogens with zero attached hydrogens (tertiary/aromatic N) is 2. The number of hydrogen-bond acceptors (Lipinski definition) is 3. The highest BCUT2D eigenvalue weighted by Crippen LogP contribution is 2.29. The van der Waals surface area contributed by atoms with Gasteiger partial charge in [-0.2, -0.15) is 13.2 Å². The number of morpholine rings is 1. The molecule has 2 aromatic carbocycles. The van der Waals surface area contributed by atoms with Gasteiger partial charge in [-0.15, -0.1) is 0 Å². The third-order valence-electron chi connectivity index (χ3n) is 6.06. The van der Waals surface area contributed by atoms with E-state index in [1.165, 1.54) is 12.1 Å². The fourth-order valence-corrected chi connectivity index (χ4v) is 4.16. The first-order valence-electron chi connectivity index (χ1n) is 11.5. The number of likely N-dealkylation sites (tertiary alicyclic amines) is 1. The van der Waals surface area contributed by atoms with Crippen molar-refractivity contribution in [3.8, 4) is 11.8 Å². The lowest BCUT2D eigenvalue weighted by Gasteiger charge is -2.36. The predicted molar refractivity (Wildman–Crippen MR) is 125 cm³/mol. The summed E-state index contributed by atoms with van der Waals surface area (Å²) in [7, 11) is 0. The van der Waals surface area contributed by atoms with Gasteiger partial charge in [-0.25, -0.2) is 4.79 Å². The molecule has 1 unspecified atom stereocenters. The molecule has 9 heteroatoms. The molecule has 2 aliphatic heterocycles. The second kappa shape index (κ2) is 10.8. The first kappa shape index (κ1) is 24.6. The Balaban J connectivity index is 1.34. The van der Waals surface area contributed by atoms with Crippen molar-refractivity contribution in [3.63, 3.8) is 0 Å². The summed E-state index contributed by atoms with van der Waals surface area (Å²) in [5, 5.41) is 2.84. The molecule has 2 heterocycles. The number of anilines is 1. The van der Waals surface area contributed by atoms with Crippen molar-refractivity contribution >= 4 is 17.6 Å². The highest BCUT2D eigenvalue weighted by Gasteiger charge is 2.32. The van der Waals surface area contributed by atoms with Gasteiger partial charge in [0.25, 0.3) is 0 Å². The van der Waals surface area contributed by atoms with Crippen molar-refractivity contribution in [1.29, 1.82) is 0 Å². The van der Waals surface area contributed by atoms with Crippen LogP contribution in [0.3, 0.4) is 0 Å². The minimum atomic E-state index is -4.41. The molecule has 0 bridgehead atoms. The van der Waals surface area contributed by atoms with Gasteiger partial charge in [0.05, 0.1) is 24.7 Å². The summed E-state index contributed by atoms with van der Waals surface area (Å²) in [6.45, 7) is 3.23. The van der Waals surface area contributed by atoms with Gasteiger partial charge in [0.15, 0.2) is 0 Å². The number of carbonyl (C=O) groups is 2. The second-order valence-corrected chi connectivity index (χ2v) is 8.56. The molecule has 1 atom stereocenters. The summed E-state index contributed by atoms with van der Waals surface area (Å²) >= 11 is 0. The lowest BCUT2D eigenvalue weighted by atomic mass is 9.96. The fraction of sp³-hybridized carbons (Fsp3) is 0.385. The number of ether oxygens (including phenoxy) is 1. The minimum absolute atomic E-state index is 0.0782. The van der Waals surface area contributed by atoms with Crippen molar-refractivity contribution in [2.45, 2.75) is 19.0 Å². The van der Waals surface area contributed by atoms with E-state index in [1.54, 1.807) is 29.2 Å². The number of halogens is 3. The van der Waals surface area contributed by atoms with Crippen LogP contribution < -0.4 is 5.32 Å². The highest BCUT2D eigenvalue weighted by atomic mass is 19.4. The number of alkyl halides is 3. The van der Waals surface area contributed by atoms with E-state index in [4.69, 9.17) is 4.74 Å². The maximum atomic E-state index is 12.9. The van der Waals surface area contributed by atoms with E-state index in [1.807, 2.05) is 4.90 Å². The van der Waals surface area contributed by atoms with Crippen molar-refractivity contribution in [2.24, 2.45) is 5.92 Å². The summed E-state index contributed by atoms with van der Waals surface area (Å²) in [6, 6.07) is 11.4. The molecule has 2 saturated heterocycles. The van der Waals surface area contributed by atoms with Crippen molar-refractivity contribution in [2.75, 3.05) is 44.7 Å². The highest BCUT2D eigenvalue weighted by molar-refractivity contribution is 5.90. The molecular weight excluding hydrogens is 459 g/mol. The molecule has 2 fully saturated rings. The van der Waals surface area contributed by atoms with E-state index in [0.29, 0.717) is 50.6 Å². The first-order valence-corrected chi connectivity index (χ1v) is 11.5. The average molecular weight is 486 g/mol. The molecular formula is C26H26F3N3O3. The Kier molecular flexibility index (Phi) is 7.61.